The third-order valence-corrected chi connectivity index (χ3v) is 4.93. The van der Waals surface area contributed by atoms with Crippen LogP contribution in [0.1, 0.15) is 37.3 Å². The van der Waals surface area contributed by atoms with Crippen LogP contribution in [0.3, 0.4) is 0 Å². The smallest absolute Gasteiger partial charge is 0.307 e. The molecule has 0 unspecified atom stereocenters. The monoisotopic (exact) mass is 363 g/mol. The van der Waals surface area contributed by atoms with E-state index in [0.717, 1.165) is 18.4 Å². The highest BCUT2D eigenvalue weighted by molar-refractivity contribution is 8.26. The highest BCUT2D eigenvalue weighted by Crippen LogP contribution is 2.32. The Morgan fingerprint density at radius 3 is 2.71 bits per heavy atom. The van der Waals surface area contributed by atoms with Gasteiger partial charge in [0.1, 0.15) is 4.32 Å². The molecule has 1 aliphatic heterocycles. The molecule has 1 amide bonds. The van der Waals surface area contributed by atoms with Crippen molar-refractivity contribution in [3.63, 3.8) is 0 Å². The summed E-state index contributed by atoms with van der Waals surface area (Å²) in [5.74, 6) is -0.438. The topological polar surface area (TPSA) is 46.6 Å². The van der Waals surface area contributed by atoms with Crippen molar-refractivity contribution in [1.29, 1.82) is 0 Å². The predicted octanol–water partition coefficient (Wildman–Crippen LogP) is 3.93. The van der Waals surface area contributed by atoms with Gasteiger partial charge in [-0.3, -0.25) is 14.5 Å². The number of ether oxygens (including phenoxy) is 1. The average molecular weight is 364 g/mol. The number of benzene rings is 1. The van der Waals surface area contributed by atoms with Crippen molar-refractivity contribution < 1.29 is 14.3 Å². The molecular formula is C18H21NO3S2. The molecule has 1 aromatic carbocycles. The molecule has 128 valence electrons. The highest BCUT2D eigenvalue weighted by atomic mass is 32.2. The largest absolute Gasteiger partial charge is 0.466 e. The van der Waals surface area contributed by atoms with Crippen LogP contribution in [-0.2, 0) is 14.3 Å². The lowest BCUT2D eigenvalue weighted by Crippen LogP contribution is -2.30. The molecule has 0 saturated carbocycles. The molecule has 0 atom stereocenters. The van der Waals surface area contributed by atoms with Crippen LogP contribution in [0.4, 0.5) is 0 Å². The van der Waals surface area contributed by atoms with Gasteiger partial charge in [0.05, 0.1) is 17.9 Å². The van der Waals surface area contributed by atoms with Crippen molar-refractivity contribution in [3.05, 3.63) is 40.3 Å². The van der Waals surface area contributed by atoms with Crippen LogP contribution < -0.4 is 0 Å². The fourth-order valence-electron chi connectivity index (χ4n) is 2.11. The average Bonchev–Trinajstić information content (AvgIpc) is 2.82. The quantitative estimate of drug-likeness (QED) is 0.318. The first kappa shape index (κ1) is 18.7. The van der Waals surface area contributed by atoms with E-state index in [0.29, 0.717) is 15.8 Å². The van der Waals surface area contributed by atoms with Gasteiger partial charge < -0.3 is 4.74 Å². The van der Waals surface area contributed by atoms with E-state index in [1.807, 2.05) is 44.2 Å². The molecule has 0 radical (unpaired) electrons. The van der Waals surface area contributed by atoms with Crippen LogP contribution in [0, 0.1) is 6.92 Å². The van der Waals surface area contributed by atoms with Crippen LogP contribution >= 0.6 is 24.0 Å². The second-order valence-corrected chi connectivity index (χ2v) is 7.24. The van der Waals surface area contributed by atoms with Gasteiger partial charge in [0.25, 0.3) is 5.91 Å². The van der Waals surface area contributed by atoms with Gasteiger partial charge in [0.15, 0.2) is 0 Å². The van der Waals surface area contributed by atoms with Crippen molar-refractivity contribution in [2.75, 3.05) is 13.2 Å². The SMILES string of the molecule is CCCCOC(=O)CCN1C(=O)/C(=C\c2ccc(C)cc2)SC1=S. The Kier molecular flexibility index (Phi) is 6.99. The molecule has 2 rings (SSSR count). The van der Waals surface area contributed by atoms with Crippen LogP contribution in [0.2, 0.25) is 0 Å². The van der Waals surface area contributed by atoms with Crippen LogP contribution in [-0.4, -0.2) is 34.2 Å². The fraction of sp³-hybridized carbons (Fsp3) is 0.389. The molecule has 4 nitrogen and oxygen atoms in total. The summed E-state index contributed by atoms with van der Waals surface area (Å²) in [7, 11) is 0. The van der Waals surface area contributed by atoms with Gasteiger partial charge in [-0.2, -0.15) is 0 Å². The number of hydrogen-bond donors (Lipinski definition) is 0. The molecule has 24 heavy (non-hydrogen) atoms. The van der Waals surface area contributed by atoms with Crippen LogP contribution in [0.25, 0.3) is 6.08 Å². The Labute approximate surface area is 152 Å². The zero-order valence-electron chi connectivity index (χ0n) is 13.9. The summed E-state index contributed by atoms with van der Waals surface area (Å²) in [4.78, 5) is 26.2. The second-order valence-electron chi connectivity index (χ2n) is 5.57. The number of thiocarbonyl (C=S) groups is 1. The molecule has 0 spiro atoms. The Balaban J connectivity index is 1.93. The summed E-state index contributed by atoms with van der Waals surface area (Å²) in [6.45, 7) is 4.75. The molecule has 1 aromatic rings. The molecule has 0 aromatic heterocycles. The maximum atomic E-state index is 12.5. The molecule has 1 aliphatic rings. The number of esters is 1. The number of carbonyl (C=O) groups is 2. The molecule has 6 heteroatoms. The summed E-state index contributed by atoms with van der Waals surface area (Å²) in [6, 6.07) is 7.93. The number of nitrogens with zero attached hydrogens (tertiary/aromatic N) is 1. The van der Waals surface area contributed by atoms with E-state index in [2.05, 4.69) is 0 Å². The van der Waals surface area contributed by atoms with Gasteiger partial charge in [-0.05, 0) is 25.0 Å². The first-order valence-electron chi connectivity index (χ1n) is 7.99. The number of rotatable bonds is 7. The van der Waals surface area contributed by atoms with E-state index in [-0.39, 0.29) is 24.8 Å². The first-order valence-corrected chi connectivity index (χ1v) is 9.21. The fourth-order valence-corrected chi connectivity index (χ4v) is 3.42. The maximum absolute atomic E-state index is 12.5. The summed E-state index contributed by atoms with van der Waals surface area (Å²) in [5, 5.41) is 0. The molecule has 1 heterocycles. The summed E-state index contributed by atoms with van der Waals surface area (Å²) in [5.41, 5.74) is 2.13. The van der Waals surface area contributed by atoms with E-state index in [1.54, 1.807) is 0 Å². The van der Waals surface area contributed by atoms with Gasteiger partial charge >= 0.3 is 5.97 Å². The van der Waals surface area contributed by atoms with Gasteiger partial charge in [-0.25, -0.2) is 0 Å². The molecule has 1 fully saturated rings. The van der Waals surface area contributed by atoms with Crippen LogP contribution in [0.5, 0.6) is 0 Å². The van der Waals surface area contributed by atoms with Crippen molar-refractivity contribution in [2.45, 2.75) is 33.1 Å². The predicted molar refractivity (Wildman–Crippen MR) is 102 cm³/mol. The minimum atomic E-state index is -0.292. The van der Waals surface area contributed by atoms with Crippen molar-refractivity contribution >= 4 is 46.3 Å². The zero-order chi connectivity index (χ0) is 17.5. The Morgan fingerprint density at radius 1 is 1.33 bits per heavy atom. The summed E-state index contributed by atoms with van der Waals surface area (Å²) >= 11 is 6.54. The number of thioether (sulfide) groups is 1. The van der Waals surface area contributed by atoms with E-state index >= 15 is 0 Å². The van der Waals surface area contributed by atoms with Crippen LogP contribution in [0.15, 0.2) is 29.2 Å². The van der Waals surface area contributed by atoms with E-state index in [1.165, 1.54) is 22.2 Å². The third kappa shape index (κ3) is 5.18. The number of carbonyl (C=O) groups excluding carboxylic acids is 2. The number of hydrogen-bond acceptors (Lipinski definition) is 5. The highest BCUT2D eigenvalue weighted by Gasteiger charge is 2.32. The number of aryl methyl sites for hydroxylation is 1. The minimum Gasteiger partial charge on any atom is -0.466 e. The maximum Gasteiger partial charge on any atom is 0.307 e. The Morgan fingerprint density at radius 2 is 2.04 bits per heavy atom. The van der Waals surface area contributed by atoms with Crippen molar-refractivity contribution in [3.8, 4) is 0 Å². The first-order chi connectivity index (χ1) is 11.5. The van der Waals surface area contributed by atoms with E-state index in [9.17, 15) is 9.59 Å². The second kappa shape index (κ2) is 8.99. The Hall–Kier alpha value is -1.66. The van der Waals surface area contributed by atoms with Crippen molar-refractivity contribution in [1.82, 2.24) is 4.90 Å². The standard InChI is InChI=1S/C18H21NO3S2/c1-3-4-11-22-16(20)9-10-19-17(21)15(24-18(19)23)12-14-7-5-13(2)6-8-14/h5-8,12H,3-4,9-11H2,1-2H3/b15-12+. The van der Waals surface area contributed by atoms with Gasteiger partial charge in [0, 0.05) is 6.54 Å². The number of unbranched alkanes of at least 4 members (excludes halogenated alkanes) is 1. The minimum absolute atomic E-state index is 0.146. The lowest BCUT2D eigenvalue weighted by atomic mass is 10.1. The van der Waals surface area contributed by atoms with E-state index < -0.39 is 0 Å². The third-order valence-electron chi connectivity index (χ3n) is 3.55. The van der Waals surface area contributed by atoms with Crippen molar-refractivity contribution in [2.24, 2.45) is 0 Å². The zero-order valence-corrected chi connectivity index (χ0v) is 15.5. The molecule has 1 saturated heterocycles. The molecule has 0 bridgehead atoms. The summed E-state index contributed by atoms with van der Waals surface area (Å²) in [6.07, 6.45) is 3.82. The van der Waals surface area contributed by atoms with Gasteiger partial charge in [-0.15, -0.1) is 0 Å². The summed E-state index contributed by atoms with van der Waals surface area (Å²) < 4.78 is 5.59. The normalized spacial score (nSPS) is 16.1. The molecule has 0 aliphatic carbocycles. The van der Waals surface area contributed by atoms with Gasteiger partial charge in [0.2, 0.25) is 0 Å². The molecular weight excluding hydrogens is 342 g/mol. The van der Waals surface area contributed by atoms with Gasteiger partial charge in [-0.1, -0.05) is 67.2 Å². The Bertz CT molecular complexity index is 653. The lowest BCUT2D eigenvalue weighted by Gasteiger charge is -2.13. The number of amides is 1. The van der Waals surface area contributed by atoms with E-state index in [4.69, 9.17) is 17.0 Å². The molecule has 0 N–H and O–H groups in total. The lowest BCUT2D eigenvalue weighted by molar-refractivity contribution is -0.144.